The van der Waals surface area contributed by atoms with Crippen molar-refractivity contribution in [2.45, 2.75) is 31.7 Å². The Morgan fingerprint density at radius 3 is 2.62 bits per heavy atom. The zero-order valence-electron chi connectivity index (χ0n) is 18.0. The van der Waals surface area contributed by atoms with Crippen LogP contribution in [0.5, 0.6) is 11.5 Å². The summed E-state index contributed by atoms with van der Waals surface area (Å²) in [7, 11) is 3.20. The van der Waals surface area contributed by atoms with Crippen molar-refractivity contribution in [3.63, 3.8) is 0 Å². The number of nitrogens with one attached hydrogen (secondary N) is 2. The molecule has 0 saturated carbocycles. The van der Waals surface area contributed by atoms with Gasteiger partial charge >= 0.3 is 0 Å². The molecule has 2 amide bonds. The molecule has 32 heavy (non-hydrogen) atoms. The molecule has 4 rings (SSSR count). The summed E-state index contributed by atoms with van der Waals surface area (Å²) in [4.78, 5) is 31.2. The lowest BCUT2D eigenvalue weighted by Gasteiger charge is -2.20. The number of ether oxygens (including phenoxy) is 2. The standard InChI is InChI=1S/C24H25N3O4S/c1-30-17-11-9-16(10-12-17)22(28)27-24-26-21-19(7-4-8-20(21)32-24)23(29)25-14-15-5-3-6-18(13-15)31-2/h3,5-6,9-13,19H,4,7-8,14H2,1-2H3,(H,25,29)(H,26,27,28). The molecule has 0 saturated heterocycles. The highest BCUT2D eigenvalue weighted by Crippen LogP contribution is 2.37. The van der Waals surface area contributed by atoms with Crippen LogP contribution in [0, 0.1) is 0 Å². The monoisotopic (exact) mass is 451 g/mol. The smallest absolute Gasteiger partial charge is 0.257 e. The van der Waals surface area contributed by atoms with E-state index in [-0.39, 0.29) is 17.7 Å². The van der Waals surface area contributed by atoms with E-state index in [9.17, 15) is 9.59 Å². The molecule has 8 heteroatoms. The first kappa shape index (κ1) is 21.8. The van der Waals surface area contributed by atoms with Gasteiger partial charge in [-0.2, -0.15) is 0 Å². The minimum Gasteiger partial charge on any atom is -0.497 e. The van der Waals surface area contributed by atoms with E-state index in [2.05, 4.69) is 15.6 Å². The maximum absolute atomic E-state index is 12.9. The first-order valence-electron chi connectivity index (χ1n) is 10.4. The van der Waals surface area contributed by atoms with Crippen molar-refractivity contribution >= 4 is 28.3 Å². The normalized spacial score (nSPS) is 14.9. The van der Waals surface area contributed by atoms with E-state index in [0.717, 1.165) is 41.1 Å². The number of anilines is 1. The molecule has 0 radical (unpaired) electrons. The topological polar surface area (TPSA) is 89.5 Å². The summed E-state index contributed by atoms with van der Waals surface area (Å²) in [5, 5.41) is 6.40. The lowest BCUT2D eigenvalue weighted by atomic mass is 9.90. The SMILES string of the molecule is COc1ccc(C(=O)Nc2nc3c(s2)CCCC3C(=O)NCc2cccc(OC)c2)cc1. The van der Waals surface area contributed by atoms with Crippen LogP contribution >= 0.6 is 11.3 Å². The van der Waals surface area contributed by atoms with Crippen molar-refractivity contribution in [1.29, 1.82) is 0 Å². The molecule has 1 aliphatic rings. The molecule has 2 aromatic carbocycles. The maximum atomic E-state index is 12.9. The zero-order valence-corrected chi connectivity index (χ0v) is 18.8. The fourth-order valence-corrected chi connectivity index (χ4v) is 4.79. The summed E-state index contributed by atoms with van der Waals surface area (Å²) in [6.45, 7) is 0.424. The van der Waals surface area contributed by atoms with Crippen LogP contribution in [0.3, 0.4) is 0 Å². The predicted molar refractivity (Wildman–Crippen MR) is 124 cm³/mol. The van der Waals surface area contributed by atoms with Gasteiger partial charge in [0.1, 0.15) is 11.5 Å². The molecule has 7 nitrogen and oxygen atoms in total. The van der Waals surface area contributed by atoms with Gasteiger partial charge in [-0.25, -0.2) is 4.98 Å². The highest BCUT2D eigenvalue weighted by Gasteiger charge is 2.30. The Kier molecular flexibility index (Phi) is 6.70. The van der Waals surface area contributed by atoms with Gasteiger partial charge in [-0.05, 0) is 61.2 Å². The lowest BCUT2D eigenvalue weighted by Crippen LogP contribution is -2.31. The Hall–Kier alpha value is -3.39. The van der Waals surface area contributed by atoms with Crippen molar-refractivity contribution < 1.29 is 19.1 Å². The van der Waals surface area contributed by atoms with Crippen LogP contribution in [0.2, 0.25) is 0 Å². The molecule has 1 unspecified atom stereocenters. The predicted octanol–water partition coefficient (Wildman–Crippen LogP) is 4.15. The van der Waals surface area contributed by atoms with Crippen molar-refractivity contribution in [2.75, 3.05) is 19.5 Å². The fourth-order valence-electron chi connectivity index (χ4n) is 3.73. The van der Waals surface area contributed by atoms with Crippen LogP contribution in [-0.2, 0) is 17.8 Å². The van der Waals surface area contributed by atoms with Gasteiger partial charge in [-0.3, -0.25) is 14.9 Å². The van der Waals surface area contributed by atoms with E-state index in [1.807, 2.05) is 24.3 Å². The number of benzene rings is 2. The Morgan fingerprint density at radius 2 is 1.88 bits per heavy atom. The zero-order chi connectivity index (χ0) is 22.5. The van der Waals surface area contributed by atoms with Gasteiger partial charge in [0, 0.05) is 17.0 Å². The Bertz CT molecular complexity index is 1110. The lowest BCUT2D eigenvalue weighted by molar-refractivity contribution is -0.123. The van der Waals surface area contributed by atoms with E-state index >= 15 is 0 Å². The first-order chi connectivity index (χ1) is 15.6. The molecule has 0 fully saturated rings. The van der Waals surface area contributed by atoms with Crippen LogP contribution in [0.1, 0.15) is 45.3 Å². The molecule has 2 N–H and O–H groups in total. The second-order valence-electron chi connectivity index (χ2n) is 7.52. The van der Waals surface area contributed by atoms with E-state index in [0.29, 0.717) is 23.0 Å². The largest absolute Gasteiger partial charge is 0.497 e. The third-order valence-electron chi connectivity index (χ3n) is 5.44. The van der Waals surface area contributed by atoms with Gasteiger partial charge in [0.25, 0.3) is 5.91 Å². The number of nitrogens with zero attached hydrogens (tertiary/aromatic N) is 1. The second-order valence-corrected chi connectivity index (χ2v) is 8.61. The fraction of sp³-hybridized carbons (Fsp3) is 0.292. The molecule has 3 aromatic rings. The van der Waals surface area contributed by atoms with E-state index < -0.39 is 0 Å². The minimum atomic E-state index is -0.313. The highest BCUT2D eigenvalue weighted by molar-refractivity contribution is 7.16. The number of hydrogen-bond donors (Lipinski definition) is 2. The van der Waals surface area contributed by atoms with Crippen molar-refractivity contribution in [2.24, 2.45) is 0 Å². The van der Waals surface area contributed by atoms with Gasteiger partial charge in [-0.1, -0.05) is 12.1 Å². The quantitative estimate of drug-likeness (QED) is 0.563. The summed E-state index contributed by atoms with van der Waals surface area (Å²) in [6, 6.07) is 14.5. The molecular weight excluding hydrogens is 426 g/mol. The van der Waals surface area contributed by atoms with Crippen molar-refractivity contribution in [3.05, 3.63) is 70.2 Å². The van der Waals surface area contributed by atoms with Gasteiger partial charge in [0.05, 0.1) is 25.8 Å². The molecule has 0 aliphatic heterocycles. The number of thiazole rings is 1. The molecule has 1 aromatic heterocycles. The number of carbonyl (C=O) groups excluding carboxylic acids is 2. The summed E-state index contributed by atoms with van der Waals surface area (Å²) in [6.07, 6.45) is 2.52. The number of fused-ring (bicyclic) bond motifs is 1. The van der Waals surface area contributed by atoms with Gasteiger partial charge in [0.2, 0.25) is 5.91 Å². The molecule has 1 atom stereocenters. The third kappa shape index (κ3) is 4.91. The van der Waals surface area contributed by atoms with Crippen LogP contribution < -0.4 is 20.1 Å². The number of methoxy groups -OCH3 is 2. The molecule has 1 aliphatic carbocycles. The van der Waals surface area contributed by atoms with Crippen molar-refractivity contribution in [1.82, 2.24) is 10.3 Å². The molecule has 0 spiro atoms. The van der Waals surface area contributed by atoms with E-state index in [1.165, 1.54) is 11.3 Å². The summed E-state index contributed by atoms with van der Waals surface area (Å²) < 4.78 is 10.4. The molecular formula is C24H25N3O4S. The van der Waals surface area contributed by atoms with Crippen molar-refractivity contribution in [3.8, 4) is 11.5 Å². The Balaban J connectivity index is 1.43. The number of aromatic nitrogens is 1. The number of amides is 2. The number of rotatable bonds is 7. The second kappa shape index (κ2) is 9.82. The van der Waals surface area contributed by atoms with Gasteiger partial charge < -0.3 is 14.8 Å². The van der Waals surface area contributed by atoms with Crippen LogP contribution in [-0.4, -0.2) is 31.0 Å². The molecule has 0 bridgehead atoms. The number of aryl methyl sites for hydroxylation is 1. The Labute approximate surface area is 190 Å². The van der Waals surface area contributed by atoms with E-state index in [4.69, 9.17) is 9.47 Å². The average molecular weight is 452 g/mol. The van der Waals surface area contributed by atoms with Crippen LogP contribution in [0.25, 0.3) is 0 Å². The Morgan fingerprint density at radius 1 is 1.09 bits per heavy atom. The maximum Gasteiger partial charge on any atom is 0.257 e. The highest BCUT2D eigenvalue weighted by atomic mass is 32.1. The van der Waals surface area contributed by atoms with Gasteiger partial charge in [0.15, 0.2) is 5.13 Å². The molecule has 1 heterocycles. The summed E-state index contributed by atoms with van der Waals surface area (Å²) in [5.41, 5.74) is 2.26. The number of carbonyl (C=O) groups is 2. The average Bonchev–Trinajstić information content (AvgIpc) is 3.25. The van der Waals surface area contributed by atoms with Gasteiger partial charge in [-0.15, -0.1) is 11.3 Å². The number of hydrogen-bond acceptors (Lipinski definition) is 6. The minimum absolute atomic E-state index is 0.0490. The molecule has 166 valence electrons. The summed E-state index contributed by atoms with van der Waals surface area (Å²) in [5.74, 6) is 0.847. The van der Waals surface area contributed by atoms with Crippen LogP contribution in [0.4, 0.5) is 5.13 Å². The van der Waals surface area contributed by atoms with Crippen LogP contribution in [0.15, 0.2) is 48.5 Å². The summed E-state index contributed by atoms with van der Waals surface area (Å²) >= 11 is 1.44. The first-order valence-corrected chi connectivity index (χ1v) is 11.2. The van der Waals surface area contributed by atoms with E-state index in [1.54, 1.807) is 38.5 Å². The third-order valence-corrected chi connectivity index (χ3v) is 6.49.